The predicted molar refractivity (Wildman–Crippen MR) is 79.5 cm³/mol. The van der Waals surface area contributed by atoms with E-state index in [0.717, 1.165) is 12.2 Å². The van der Waals surface area contributed by atoms with Gasteiger partial charge in [-0.1, -0.05) is 12.2 Å². The van der Waals surface area contributed by atoms with Crippen LogP contribution in [0, 0.1) is 77.7 Å². The van der Waals surface area contributed by atoms with E-state index < -0.39 is 0 Å². The zero-order valence-corrected chi connectivity index (χ0v) is 14.1. The number of aliphatic hydroxyl groups is 1. The second-order valence-electron chi connectivity index (χ2n) is 3.96. The summed E-state index contributed by atoms with van der Waals surface area (Å²) in [6.45, 7) is 3.11. The van der Waals surface area contributed by atoms with E-state index in [1.165, 1.54) is 5.56 Å². The van der Waals surface area contributed by atoms with E-state index in [4.69, 9.17) is 5.11 Å². The van der Waals surface area contributed by atoms with Crippen molar-refractivity contribution in [2.24, 2.45) is 0 Å². The third-order valence-electron chi connectivity index (χ3n) is 2.34. The van der Waals surface area contributed by atoms with Crippen molar-refractivity contribution in [1.29, 1.82) is 0 Å². The van der Waals surface area contributed by atoms with Gasteiger partial charge in [-0.05, 0) is 71.1 Å². The van der Waals surface area contributed by atoms with E-state index in [9.17, 15) is 0 Å². The molecule has 2 saturated carbocycles. The quantitative estimate of drug-likeness (QED) is 0.767. The topological polar surface area (TPSA) is 20.2 Å². The van der Waals surface area contributed by atoms with Crippen LogP contribution in [0.5, 0.6) is 0 Å². The van der Waals surface area contributed by atoms with Crippen LogP contribution in [-0.2, 0) is 26.2 Å². The molecule has 0 aliphatic heterocycles. The van der Waals surface area contributed by atoms with E-state index in [-0.39, 0.29) is 26.2 Å². The van der Waals surface area contributed by atoms with Crippen molar-refractivity contribution in [2.75, 3.05) is 0 Å². The van der Waals surface area contributed by atoms with Crippen molar-refractivity contribution in [3.8, 4) is 0 Å². The molecule has 2 aliphatic carbocycles. The Morgan fingerprint density at radius 1 is 0.650 bits per heavy atom. The summed E-state index contributed by atoms with van der Waals surface area (Å²) in [4.78, 5) is 0. The molecule has 1 nitrogen and oxygen atoms in total. The minimum atomic E-state index is 0. The normalized spacial score (nSPS) is 16.1. The van der Waals surface area contributed by atoms with Crippen molar-refractivity contribution < 1.29 is 31.3 Å². The molecule has 2 fully saturated rings. The van der Waals surface area contributed by atoms with Gasteiger partial charge in [0, 0.05) is 26.2 Å². The molecule has 0 saturated heterocycles. The van der Waals surface area contributed by atoms with Gasteiger partial charge in [-0.2, -0.15) is 17.7 Å². The molecule has 0 bridgehead atoms. The molecule has 3 rings (SSSR count). The Labute approximate surface area is 144 Å². The Kier molecular flexibility index (Phi) is 13.8. The van der Waals surface area contributed by atoms with Crippen molar-refractivity contribution in [3.05, 3.63) is 106 Å². The van der Waals surface area contributed by atoms with Crippen LogP contribution in [0.2, 0.25) is 0 Å². The molecule has 0 heterocycles. The zero-order valence-electron chi connectivity index (χ0n) is 11.6. The van der Waals surface area contributed by atoms with Gasteiger partial charge in [-0.25, -0.2) is 0 Å². The molecule has 1 aromatic carbocycles. The molecular formula is C18H19OZr-. The first kappa shape index (κ1) is 19.9. The van der Waals surface area contributed by atoms with Gasteiger partial charge in [0.2, 0.25) is 0 Å². The molecular weight excluding hydrogens is 323 g/mol. The van der Waals surface area contributed by atoms with Gasteiger partial charge in [-0.3, -0.25) is 0 Å². The molecule has 10 radical (unpaired) electrons. The van der Waals surface area contributed by atoms with Crippen LogP contribution in [0.25, 0.3) is 0 Å². The average molecular weight is 343 g/mol. The van der Waals surface area contributed by atoms with Crippen LogP contribution >= 0.6 is 0 Å². The fraction of sp³-hybridized carbons (Fsp3) is 0.0556. The predicted octanol–water partition coefficient (Wildman–Crippen LogP) is 3.92. The third kappa shape index (κ3) is 10.7. The molecule has 0 unspecified atom stereocenters. The minimum absolute atomic E-state index is 0. The minimum Gasteiger partial charge on any atom is -0.429 e. The number of aliphatic hydroxyl groups excluding tert-OH is 1. The second kappa shape index (κ2) is 13.9. The number of benzene rings is 1. The monoisotopic (exact) mass is 341 g/mol. The summed E-state index contributed by atoms with van der Waals surface area (Å²) in [6, 6.07) is 7.66. The molecule has 0 spiro atoms. The van der Waals surface area contributed by atoms with Gasteiger partial charge in [0.1, 0.15) is 0 Å². The van der Waals surface area contributed by atoms with Crippen LogP contribution < -0.4 is 0 Å². The first-order chi connectivity index (χ1) is 9.33. The summed E-state index contributed by atoms with van der Waals surface area (Å²) in [5, 5.41) is 8.50. The number of aryl methyl sites for hydroxylation is 1. The summed E-state index contributed by atoms with van der Waals surface area (Å²) in [6.07, 6.45) is 20.0. The summed E-state index contributed by atoms with van der Waals surface area (Å²) < 4.78 is 0. The molecule has 102 valence electrons. The third-order valence-corrected chi connectivity index (χ3v) is 2.34. The molecule has 1 aromatic rings. The van der Waals surface area contributed by atoms with Crippen molar-refractivity contribution >= 4 is 0 Å². The largest absolute Gasteiger partial charge is 0.429 e. The van der Waals surface area contributed by atoms with E-state index >= 15 is 0 Å². The maximum absolute atomic E-state index is 8.50. The van der Waals surface area contributed by atoms with Crippen molar-refractivity contribution in [1.82, 2.24) is 0 Å². The fourth-order valence-corrected chi connectivity index (χ4v) is 1.29. The van der Waals surface area contributed by atoms with Crippen molar-refractivity contribution in [3.63, 3.8) is 0 Å². The Hall–Kier alpha value is -0.0669. The van der Waals surface area contributed by atoms with Gasteiger partial charge in [-0.15, -0.1) is 12.1 Å². The van der Waals surface area contributed by atoms with Crippen LogP contribution in [0.15, 0.2) is 24.3 Å². The van der Waals surface area contributed by atoms with Gasteiger partial charge in [0.05, 0.1) is 0 Å². The summed E-state index contributed by atoms with van der Waals surface area (Å²) in [7, 11) is 0. The standard InChI is InChI=1S/C8H9O.2C5H5.Zr/c1-7-2-4-8(6-9)5-3-7;2*1-2-4-5-3-1;/h2-6,9H,1H3;2*1-5H;/q-1;;;. The van der Waals surface area contributed by atoms with E-state index in [1.54, 1.807) is 0 Å². The van der Waals surface area contributed by atoms with Crippen molar-refractivity contribution in [2.45, 2.75) is 6.92 Å². The Balaban J connectivity index is 0.000000282. The molecule has 20 heavy (non-hydrogen) atoms. The average Bonchev–Trinajstić information content (AvgIpc) is 3.18. The second-order valence-corrected chi connectivity index (χ2v) is 3.96. The fourth-order valence-electron chi connectivity index (χ4n) is 1.29. The Morgan fingerprint density at radius 2 is 0.950 bits per heavy atom. The van der Waals surface area contributed by atoms with Crippen LogP contribution in [0.4, 0.5) is 0 Å². The SMILES string of the molecule is Cc1ccc([CH-]O)cc1.[CH]1[CH][CH][CH][CH]1.[CH]1[CH][CH][CH][CH]1.[Zr]. The molecule has 2 aliphatic rings. The van der Waals surface area contributed by atoms with Gasteiger partial charge < -0.3 is 5.11 Å². The van der Waals surface area contributed by atoms with E-state index in [0.29, 0.717) is 0 Å². The number of hydrogen-bond acceptors (Lipinski definition) is 1. The van der Waals surface area contributed by atoms with Gasteiger partial charge >= 0.3 is 0 Å². The van der Waals surface area contributed by atoms with Crippen LogP contribution in [0.3, 0.4) is 0 Å². The summed E-state index contributed by atoms with van der Waals surface area (Å²) in [5.41, 5.74) is 2.06. The van der Waals surface area contributed by atoms with E-state index in [1.807, 2.05) is 95.4 Å². The maximum Gasteiger partial charge on any atom is 0 e. The first-order valence-corrected chi connectivity index (χ1v) is 6.20. The molecule has 1 N–H and O–H groups in total. The summed E-state index contributed by atoms with van der Waals surface area (Å²) >= 11 is 0. The molecule has 0 atom stereocenters. The van der Waals surface area contributed by atoms with Gasteiger partial charge in [0.25, 0.3) is 0 Å². The van der Waals surface area contributed by atoms with Gasteiger partial charge in [0.15, 0.2) is 0 Å². The molecule has 0 amide bonds. The molecule has 0 aromatic heterocycles. The zero-order chi connectivity index (χ0) is 13.8. The maximum atomic E-state index is 8.50. The Bertz CT molecular complexity index is 274. The number of rotatable bonds is 1. The van der Waals surface area contributed by atoms with Crippen LogP contribution in [0.1, 0.15) is 11.1 Å². The smallest absolute Gasteiger partial charge is 0 e. The van der Waals surface area contributed by atoms with E-state index in [2.05, 4.69) is 0 Å². The molecule has 2 heteroatoms. The van der Waals surface area contributed by atoms with Crippen LogP contribution in [-0.4, -0.2) is 5.11 Å². The number of hydrogen-bond donors (Lipinski definition) is 1. The first-order valence-electron chi connectivity index (χ1n) is 6.20. The summed E-state index contributed by atoms with van der Waals surface area (Å²) in [5.74, 6) is 0. The Morgan fingerprint density at radius 3 is 1.20 bits per heavy atom.